The van der Waals surface area contributed by atoms with Crippen LogP contribution in [0.3, 0.4) is 0 Å². The average molecular weight is 336 g/mol. The number of nitrogens with zero attached hydrogens (tertiary/aromatic N) is 3. The number of hydrogen-bond donors (Lipinski definition) is 1. The molecule has 20 heavy (non-hydrogen) atoms. The first-order valence-corrected chi connectivity index (χ1v) is 7.56. The molecule has 1 aromatic heterocycles. The van der Waals surface area contributed by atoms with E-state index < -0.39 is 6.10 Å². The molecule has 0 spiro atoms. The molecule has 1 unspecified atom stereocenters. The Hall–Kier alpha value is -1.33. The van der Waals surface area contributed by atoms with Crippen molar-refractivity contribution >= 4 is 21.6 Å². The predicted octanol–water partition coefficient (Wildman–Crippen LogP) is 2.65. The van der Waals surface area contributed by atoms with E-state index in [0.717, 1.165) is 28.7 Å². The van der Waals surface area contributed by atoms with E-state index in [0.29, 0.717) is 0 Å². The summed E-state index contributed by atoms with van der Waals surface area (Å²) in [7, 11) is 3.96. The Morgan fingerprint density at radius 2 is 2.15 bits per heavy atom. The maximum atomic E-state index is 10.6. The SMILES string of the molecule is CN1CCCc2cc(C(O)c3c(Br)cnn3C)ccc21. The Balaban J connectivity index is 1.99. The van der Waals surface area contributed by atoms with Crippen molar-refractivity contribution in [2.75, 3.05) is 18.5 Å². The lowest BCUT2D eigenvalue weighted by Gasteiger charge is -2.28. The molecule has 1 atom stereocenters. The predicted molar refractivity (Wildman–Crippen MR) is 83.0 cm³/mol. The van der Waals surface area contributed by atoms with Gasteiger partial charge in [0.2, 0.25) is 0 Å². The van der Waals surface area contributed by atoms with E-state index in [1.54, 1.807) is 10.9 Å². The molecular weight excluding hydrogens is 318 g/mol. The zero-order valence-corrected chi connectivity index (χ0v) is 13.3. The maximum absolute atomic E-state index is 10.6. The average Bonchev–Trinajstić information content (AvgIpc) is 2.77. The second kappa shape index (κ2) is 5.22. The van der Waals surface area contributed by atoms with E-state index in [9.17, 15) is 5.11 Å². The lowest BCUT2D eigenvalue weighted by Crippen LogP contribution is -2.24. The summed E-state index contributed by atoms with van der Waals surface area (Å²) in [5.41, 5.74) is 4.29. The van der Waals surface area contributed by atoms with Crippen LogP contribution in [0, 0.1) is 0 Å². The minimum atomic E-state index is -0.658. The quantitative estimate of drug-likeness (QED) is 0.917. The van der Waals surface area contributed by atoms with Crippen LogP contribution in [0.5, 0.6) is 0 Å². The fraction of sp³-hybridized carbons (Fsp3) is 0.400. The molecule has 106 valence electrons. The van der Waals surface area contributed by atoms with E-state index in [4.69, 9.17) is 0 Å². The topological polar surface area (TPSA) is 41.3 Å². The zero-order chi connectivity index (χ0) is 14.3. The Bertz CT molecular complexity index is 619. The highest BCUT2D eigenvalue weighted by Crippen LogP contribution is 2.32. The van der Waals surface area contributed by atoms with Gasteiger partial charge in [-0.25, -0.2) is 0 Å². The summed E-state index contributed by atoms with van der Waals surface area (Å²) < 4.78 is 2.54. The highest BCUT2D eigenvalue weighted by molar-refractivity contribution is 9.10. The third kappa shape index (κ3) is 2.25. The van der Waals surface area contributed by atoms with Gasteiger partial charge in [0.25, 0.3) is 0 Å². The van der Waals surface area contributed by atoms with Gasteiger partial charge in [0.1, 0.15) is 6.10 Å². The van der Waals surface area contributed by atoms with Gasteiger partial charge >= 0.3 is 0 Å². The summed E-state index contributed by atoms with van der Waals surface area (Å²) in [4.78, 5) is 2.27. The van der Waals surface area contributed by atoms with Crippen molar-refractivity contribution in [1.82, 2.24) is 9.78 Å². The van der Waals surface area contributed by atoms with Gasteiger partial charge in [-0.3, -0.25) is 4.68 Å². The van der Waals surface area contributed by atoms with Crippen molar-refractivity contribution in [1.29, 1.82) is 0 Å². The Morgan fingerprint density at radius 1 is 1.35 bits per heavy atom. The third-order valence-corrected chi connectivity index (χ3v) is 4.58. The summed E-state index contributed by atoms with van der Waals surface area (Å²) >= 11 is 3.45. The van der Waals surface area contributed by atoms with E-state index in [1.165, 1.54) is 17.7 Å². The normalized spacial score (nSPS) is 16.1. The van der Waals surface area contributed by atoms with Crippen molar-refractivity contribution < 1.29 is 5.11 Å². The molecule has 1 N–H and O–H groups in total. The van der Waals surface area contributed by atoms with Gasteiger partial charge in [-0.05, 0) is 46.0 Å². The van der Waals surface area contributed by atoms with Crippen LogP contribution in [0.15, 0.2) is 28.9 Å². The van der Waals surface area contributed by atoms with Crippen molar-refractivity contribution in [3.8, 4) is 0 Å². The Morgan fingerprint density at radius 3 is 2.85 bits per heavy atom. The lowest BCUT2D eigenvalue weighted by atomic mass is 9.96. The Labute approximate surface area is 127 Å². The first-order chi connectivity index (χ1) is 9.58. The molecule has 0 fully saturated rings. The van der Waals surface area contributed by atoms with Crippen molar-refractivity contribution in [3.63, 3.8) is 0 Å². The lowest BCUT2D eigenvalue weighted by molar-refractivity contribution is 0.209. The molecule has 0 bridgehead atoms. The van der Waals surface area contributed by atoms with E-state index in [-0.39, 0.29) is 0 Å². The summed E-state index contributed by atoms with van der Waals surface area (Å²) in [6.45, 7) is 1.10. The van der Waals surface area contributed by atoms with Crippen LogP contribution in [-0.2, 0) is 13.5 Å². The molecule has 0 saturated carbocycles. The van der Waals surface area contributed by atoms with Crippen molar-refractivity contribution in [2.45, 2.75) is 18.9 Å². The molecule has 5 heteroatoms. The summed E-state index contributed by atoms with van der Waals surface area (Å²) in [5.74, 6) is 0. The fourth-order valence-corrected chi connectivity index (χ4v) is 3.43. The summed E-state index contributed by atoms with van der Waals surface area (Å²) in [5, 5.41) is 14.8. The van der Waals surface area contributed by atoms with Crippen molar-refractivity contribution in [2.24, 2.45) is 7.05 Å². The molecule has 2 aromatic rings. The monoisotopic (exact) mass is 335 g/mol. The Kier molecular flexibility index (Phi) is 3.56. The molecule has 0 radical (unpaired) electrons. The zero-order valence-electron chi connectivity index (χ0n) is 11.7. The molecule has 0 saturated heterocycles. The molecule has 4 nitrogen and oxygen atoms in total. The third-order valence-electron chi connectivity index (χ3n) is 3.97. The fourth-order valence-electron chi connectivity index (χ4n) is 2.86. The highest BCUT2D eigenvalue weighted by atomic mass is 79.9. The number of benzene rings is 1. The number of hydrogen-bond acceptors (Lipinski definition) is 3. The number of aliphatic hydroxyl groups excluding tert-OH is 1. The first-order valence-electron chi connectivity index (χ1n) is 6.77. The molecule has 1 aromatic carbocycles. The number of aliphatic hydroxyl groups is 1. The number of rotatable bonds is 2. The molecule has 0 aliphatic carbocycles. The van der Waals surface area contributed by atoms with Gasteiger partial charge < -0.3 is 10.0 Å². The van der Waals surface area contributed by atoms with Crippen molar-refractivity contribution in [3.05, 3.63) is 45.7 Å². The van der Waals surface area contributed by atoms with Crippen LogP contribution in [0.1, 0.15) is 29.3 Å². The highest BCUT2D eigenvalue weighted by Gasteiger charge is 2.21. The maximum Gasteiger partial charge on any atom is 0.122 e. The minimum Gasteiger partial charge on any atom is -0.382 e. The number of aromatic nitrogens is 2. The molecule has 2 heterocycles. The second-order valence-corrected chi connectivity index (χ2v) is 6.17. The van der Waals surface area contributed by atoms with E-state index in [2.05, 4.69) is 45.1 Å². The van der Waals surface area contributed by atoms with Gasteiger partial charge in [0.15, 0.2) is 0 Å². The van der Waals surface area contributed by atoms with Crippen LogP contribution in [0.25, 0.3) is 0 Å². The van der Waals surface area contributed by atoms with E-state index in [1.807, 2.05) is 13.1 Å². The summed E-state index contributed by atoms with van der Waals surface area (Å²) in [6, 6.07) is 6.23. The van der Waals surface area contributed by atoms with E-state index >= 15 is 0 Å². The number of fused-ring (bicyclic) bond motifs is 1. The molecule has 0 amide bonds. The summed E-state index contributed by atoms with van der Waals surface area (Å²) in [6.07, 6.45) is 3.30. The first kappa shape index (κ1) is 13.6. The standard InChI is InChI=1S/C15H18BrN3O/c1-18-7-3-4-10-8-11(5-6-13(10)18)15(20)14-12(16)9-17-19(14)2/h5-6,8-9,15,20H,3-4,7H2,1-2H3. The molecule has 1 aliphatic rings. The van der Waals surface area contributed by atoms with Gasteiger partial charge in [0.05, 0.1) is 16.4 Å². The number of anilines is 1. The van der Waals surface area contributed by atoms with Gasteiger partial charge in [-0.2, -0.15) is 5.10 Å². The molecule has 3 rings (SSSR count). The molecular formula is C15H18BrN3O. The molecule has 1 aliphatic heterocycles. The minimum absolute atomic E-state index is 0.658. The van der Waals surface area contributed by atoms with Crippen LogP contribution < -0.4 is 4.90 Å². The second-order valence-electron chi connectivity index (χ2n) is 5.32. The van der Waals surface area contributed by atoms with Gasteiger partial charge in [0, 0.05) is 26.3 Å². The van der Waals surface area contributed by atoms with Crippen LogP contribution in [0.4, 0.5) is 5.69 Å². The number of aryl methyl sites for hydroxylation is 2. The number of halogens is 1. The smallest absolute Gasteiger partial charge is 0.122 e. The van der Waals surface area contributed by atoms with Gasteiger partial charge in [-0.1, -0.05) is 12.1 Å². The largest absolute Gasteiger partial charge is 0.382 e. The van der Waals surface area contributed by atoms with Gasteiger partial charge in [-0.15, -0.1) is 0 Å². The van der Waals surface area contributed by atoms with Crippen LogP contribution in [-0.4, -0.2) is 28.5 Å². The van der Waals surface area contributed by atoms with Crippen LogP contribution in [0.2, 0.25) is 0 Å². The van der Waals surface area contributed by atoms with Crippen LogP contribution >= 0.6 is 15.9 Å².